The lowest BCUT2D eigenvalue weighted by atomic mass is 10.0. The zero-order valence-corrected chi connectivity index (χ0v) is 17.4. The smallest absolute Gasteiger partial charge is 0.252 e. The highest BCUT2D eigenvalue weighted by molar-refractivity contribution is 5.96. The van der Waals surface area contributed by atoms with Crippen LogP contribution in [0.3, 0.4) is 0 Å². The van der Waals surface area contributed by atoms with Gasteiger partial charge in [0.05, 0.1) is 6.04 Å². The van der Waals surface area contributed by atoms with Crippen molar-refractivity contribution in [3.05, 3.63) is 53.1 Å². The van der Waals surface area contributed by atoms with Gasteiger partial charge in [-0.15, -0.1) is 0 Å². The van der Waals surface area contributed by atoms with Gasteiger partial charge in [-0.3, -0.25) is 4.79 Å². The summed E-state index contributed by atoms with van der Waals surface area (Å²) in [5.41, 5.74) is 3.82. The Morgan fingerprint density at radius 3 is 2.48 bits per heavy atom. The number of aryl methyl sites for hydroxylation is 1. The van der Waals surface area contributed by atoms with Gasteiger partial charge in [0.15, 0.2) is 11.5 Å². The van der Waals surface area contributed by atoms with Crippen molar-refractivity contribution in [2.24, 2.45) is 0 Å². The number of rotatable bonds is 4. The second-order valence-corrected chi connectivity index (χ2v) is 7.89. The van der Waals surface area contributed by atoms with Gasteiger partial charge in [0.2, 0.25) is 0 Å². The van der Waals surface area contributed by atoms with Crippen LogP contribution in [0.1, 0.15) is 34.5 Å². The molecular formula is C23H29N3O3. The Kier molecular flexibility index (Phi) is 5.62. The van der Waals surface area contributed by atoms with Gasteiger partial charge in [-0.1, -0.05) is 12.1 Å². The average Bonchev–Trinajstić information content (AvgIpc) is 2.74. The molecule has 1 N–H and O–H groups in total. The number of fused-ring (bicyclic) bond motifs is 1. The van der Waals surface area contributed by atoms with Gasteiger partial charge >= 0.3 is 0 Å². The molecule has 0 aliphatic carbocycles. The summed E-state index contributed by atoms with van der Waals surface area (Å²) < 4.78 is 11.2. The number of hydrogen-bond donors (Lipinski definition) is 1. The van der Waals surface area contributed by atoms with E-state index in [1.807, 2.05) is 44.2 Å². The Bertz CT molecular complexity index is 891. The maximum Gasteiger partial charge on any atom is 0.252 e. The summed E-state index contributed by atoms with van der Waals surface area (Å²) in [5.74, 6) is 1.44. The molecule has 0 unspecified atom stereocenters. The predicted octanol–water partition coefficient (Wildman–Crippen LogP) is 3.01. The fourth-order valence-corrected chi connectivity index (χ4v) is 3.80. The molecule has 2 heterocycles. The van der Waals surface area contributed by atoms with Gasteiger partial charge < -0.3 is 24.6 Å². The maximum absolute atomic E-state index is 13.0. The number of nitrogens with one attached hydrogen (secondary N) is 1. The molecule has 2 aromatic carbocycles. The highest BCUT2D eigenvalue weighted by atomic mass is 16.6. The number of carbonyl (C=O) groups is 1. The van der Waals surface area contributed by atoms with Crippen molar-refractivity contribution in [1.29, 1.82) is 0 Å². The van der Waals surface area contributed by atoms with Gasteiger partial charge in [0, 0.05) is 37.4 Å². The van der Waals surface area contributed by atoms with Crippen LogP contribution in [0.5, 0.6) is 11.5 Å². The second-order valence-electron chi connectivity index (χ2n) is 7.89. The summed E-state index contributed by atoms with van der Waals surface area (Å²) in [5, 5.41) is 3.14. The van der Waals surface area contributed by atoms with Crippen LogP contribution in [0.4, 0.5) is 5.69 Å². The van der Waals surface area contributed by atoms with E-state index in [9.17, 15) is 4.79 Å². The molecule has 0 bridgehead atoms. The van der Waals surface area contributed by atoms with E-state index in [-0.39, 0.29) is 11.9 Å². The van der Waals surface area contributed by atoms with Crippen LogP contribution in [0.15, 0.2) is 36.4 Å². The highest BCUT2D eigenvalue weighted by Gasteiger charge is 2.19. The fraction of sp³-hybridized carbons (Fsp3) is 0.435. The van der Waals surface area contributed by atoms with E-state index in [1.54, 1.807) is 0 Å². The largest absolute Gasteiger partial charge is 0.486 e. The third kappa shape index (κ3) is 4.32. The molecule has 0 aromatic heterocycles. The van der Waals surface area contributed by atoms with Crippen molar-refractivity contribution < 1.29 is 14.3 Å². The lowest BCUT2D eigenvalue weighted by Gasteiger charge is -2.34. The van der Waals surface area contributed by atoms with E-state index >= 15 is 0 Å². The zero-order chi connectivity index (χ0) is 20.4. The summed E-state index contributed by atoms with van der Waals surface area (Å²) >= 11 is 0. The monoisotopic (exact) mass is 395 g/mol. The Hall–Kier alpha value is -2.73. The number of piperazine rings is 1. The fourth-order valence-electron chi connectivity index (χ4n) is 3.80. The van der Waals surface area contributed by atoms with Gasteiger partial charge in [0.1, 0.15) is 13.2 Å². The van der Waals surface area contributed by atoms with Crippen LogP contribution in [-0.4, -0.2) is 57.2 Å². The van der Waals surface area contributed by atoms with Gasteiger partial charge in [0.25, 0.3) is 5.91 Å². The minimum Gasteiger partial charge on any atom is -0.486 e. The first kappa shape index (κ1) is 19.6. The van der Waals surface area contributed by atoms with E-state index in [1.165, 1.54) is 0 Å². The first-order chi connectivity index (χ1) is 14.0. The summed E-state index contributed by atoms with van der Waals surface area (Å²) in [4.78, 5) is 17.7. The molecule has 1 atom stereocenters. The molecule has 0 saturated carbocycles. The average molecular weight is 396 g/mol. The lowest BCUT2D eigenvalue weighted by Crippen LogP contribution is -2.44. The normalized spacial score (nSPS) is 17.7. The summed E-state index contributed by atoms with van der Waals surface area (Å²) in [6, 6.07) is 11.9. The molecule has 2 aliphatic heterocycles. The Morgan fingerprint density at radius 2 is 1.72 bits per heavy atom. The number of nitrogens with zero attached hydrogens (tertiary/aromatic N) is 2. The molecule has 1 amide bonds. The first-order valence-electron chi connectivity index (χ1n) is 10.3. The zero-order valence-electron chi connectivity index (χ0n) is 17.4. The van der Waals surface area contributed by atoms with E-state index in [0.29, 0.717) is 13.2 Å². The van der Waals surface area contributed by atoms with Crippen LogP contribution < -0.4 is 19.7 Å². The Labute approximate surface area is 172 Å². The summed E-state index contributed by atoms with van der Waals surface area (Å²) in [6.07, 6.45) is 0. The first-order valence-corrected chi connectivity index (χ1v) is 10.3. The topological polar surface area (TPSA) is 54.0 Å². The molecule has 4 rings (SSSR count). The number of carbonyl (C=O) groups excluding carboxylic acids is 1. The molecule has 0 radical (unpaired) electrons. The maximum atomic E-state index is 13.0. The summed E-state index contributed by atoms with van der Waals surface area (Å²) in [7, 11) is 2.14. The third-order valence-corrected chi connectivity index (χ3v) is 5.75. The molecule has 6 nitrogen and oxygen atoms in total. The van der Waals surface area contributed by atoms with Crippen LogP contribution in [0.25, 0.3) is 0 Å². The quantitative estimate of drug-likeness (QED) is 0.863. The minimum absolute atomic E-state index is 0.0548. The standard InChI is InChI=1S/C23H29N3O3/c1-16-4-6-19(26-10-8-25(3)9-11-26)15-20(16)23(27)24-17(2)18-5-7-21-22(14-18)29-13-12-28-21/h4-7,14-15,17H,8-13H2,1-3H3,(H,24,27)/t17-/m1/s1. The van der Waals surface area contributed by atoms with Crippen molar-refractivity contribution in [1.82, 2.24) is 10.2 Å². The number of likely N-dealkylation sites (N-methyl/N-ethyl adjacent to an activating group) is 1. The molecule has 2 aliphatic rings. The van der Waals surface area contributed by atoms with Gasteiger partial charge in [-0.25, -0.2) is 0 Å². The van der Waals surface area contributed by atoms with Crippen molar-refractivity contribution in [3.63, 3.8) is 0 Å². The lowest BCUT2D eigenvalue weighted by molar-refractivity contribution is 0.0939. The number of ether oxygens (including phenoxy) is 2. The highest BCUT2D eigenvalue weighted by Crippen LogP contribution is 2.32. The van der Waals surface area contributed by atoms with E-state index in [0.717, 1.165) is 60.1 Å². The molecule has 2 aromatic rings. The van der Waals surface area contributed by atoms with Crippen LogP contribution >= 0.6 is 0 Å². The van der Waals surface area contributed by atoms with Crippen LogP contribution in [0.2, 0.25) is 0 Å². The van der Waals surface area contributed by atoms with Crippen molar-refractivity contribution in [3.8, 4) is 11.5 Å². The van der Waals surface area contributed by atoms with Gasteiger partial charge in [-0.05, 0) is 56.3 Å². The second kappa shape index (κ2) is 8.33. The van der Waals surface area contributed by atoms with E-state index < -0.39 is 0 Å². The minimum atomic E-state index is -0.134. The van der Waals surface area contributed by atoms with Crippen LogP contribution in [0, 0.1) is 6.92 Å². The number of hydrogen-bond acceptors (Lipinski definition) is 5. The third-order valence-electron chi connectivity index (χ3n) is 5.75. The van der Waals surface area contributed by atoms with Crippen molar-refractivity contribution in [2.45, 2.75) is 19.9 Å². The van der Waals surface area contributed by atoms with Gasteiger partial charge in [-0.2, -0.15) is 0 Å². The predicted molar refractivity (Wildman–Crippen MR) is 114 cm³/mol. The molecule has 154 valence electrons. The number of anilines is 1. The van der Waals surface area contributed by atoms with E-state index in [4.69, 9.17) is 9.47 Å². The van der Waals surface area contributed by atoms with Crippen LogP contribution in [-0.2, 0) is 0 Å². The molecule has 1 fully saturated rings. The molecule has 0 spiro atoms. The number of benzene rings is 2. The SMILES string of the molecule is Cc1ccc(N2CCN(C)CC2)cc1C(=O)N[C@H](C)c1ccc2c(c1)OCCO2. The van der Waals surface area contributed by atoms with Crippen molar-refractivity contribution in [2.75, 3.05) is 51.3 Å². The number of amides is 1. The van der Waals surface area contributed by atoms with Crippen molar-refractivity contribution >= 4 is 11.6 Å². The Balaban J connectivity index is 1.48. The van der Waals surface area contributed by atoms with E-state index in [2.05, 4.69) is 28.2 Å². The summed E-state index contributed by atoms with van der Waals surface area (Å²) in [6.45, 7) is 9.13. The molecule has 29 heavy (non-hydrogen) atoms. The molecular weight excluding hydrogens is 366 g/mol. The Morgan fingerprint density at radius 1 is 1.00 bits per heavy atom. The molecule has 6 heteroatoms. The molecule has 1 saturated heterocycles.